The summed E-state index contributed by atoms with van der Waals surface area (Å²) in [7, 11) is 0. The van der Waals surface area contributed by atoms with Gasteiger partial charge in [0, 0.05) is 28.0 Å². The van der Waals surface area contributed by atoms with Crippen molar-refractivity contribution in [2.45, 2.75) is 17.3 Å². The highest BCUT2D eigenvalue weighted by Crippen LogP contribution is 2.26. The van der Waals surface area contributed by atoms with Crippen molar-refractivity contribution in [1.82, 2.24) is 9.97 Å². The maximum Gasteiger partial charge on any atom is 0.166 e. The lowest BCUT2D eigenvalue weighted by Gasteiger charge is -1.93. The van der Waals surface area contributed by atoms with Gasteiger partial charge < -0.3 is 10.1 Å². The van der Waals surface area contributed by atoms with Gasteiger partial charge in [0.05, 0.1) is 17.6 Å². The van der Waals surface area contributed by atoms with Gasteiger partial charge in [0.15, 0.2) is 5.16 Å². The molecule has 3 nitrogen and oxygen atoms in total. The Morgan fingerprint density at radius 3 is 3.10 bits per heavy atom. The van der Waals surface area contributed by atoms with E-state index in [9.17, 15) is 0 Å². The highest BCUT2D eigenvalue weighted by molar-refractivity contribution is 7.98. The minimum absolute atomic E-state index is 0.117. The average molecular weight is 314 g/mol. The second-order valence-electron chi connectivity index (χ2n) is 4.42. The maximum absolute atomic E-state index is 8.71. The summed E-state index contributed by atoms with van der Waals surface area (Å²) in [6, 6.07) is 10.1. The molecule has 0 saturated carbocycles. The van der Waals surface area contributed by atoms with E-state index in [0.717, 1.165) is 27.5 Å². The van der Waals surface area contributed by atoms with Crippen molar-refractivity contribution in [3.63, 3.8) is 0 Å². The largest absolute Gasteiger partial charge is 0.395 e. The zero-order valence-corrected chi connectivity index (χ0v) is 12.9. The molecule has 3 aromatic rings. The van der Waals surface area contributed by atoms with Gasteiger partial charge in [-0.25, -0.2) is 4.98 Å². The van der Waals surface area contributed by atoms with E-state index in [0.29, 0.717) is 6.42 Å². The molecule has 0 unspecified atom stereocenters. The van der Waals surface area contributed by atoms with Crippen LogP contribution in [0, 0.1) is 11.8 Å². The lowest BCUT2D eigenvalue weighted by atomic mass is 10.3. The minimum Gasteiger partial charge on any atom is -0.395 e. The van der Waals surface area contributed by atoms with Gasteiger partial charge in [0.25, 0.3) is 0 Å². The third kappa shape index (κ3) is 3.67. The van der Waals surface area contributed by atoms with Gasteiger partial charge in [-0.1, -0.05) is 35.7 Å². The van der Waals surface area contributed by atoms with Crippen LogP contribution in [0.5, 0.6) is 0 Å². The fourth-order valence-corrected chi connectivity index (χ4v) is 3.64. The van der Waals surface area contributed by atoms with Gasteiger partial charge in [-0.05, 0) is 18.2 Å². The van der Waals surface area contributed by atoms with Crippen LogP contribution in [0.25, 0.3) is 11.0 Å². The lowest BCUT2D eigenvalue weighted by Crippen LogP contribution is -1.77. The number of thiophene rings is 1. The van der Waals surface area contributed by atoms with Crippen molar-refractivity contribution in [1.29, 1.82) is 0 Å². The van der Waals surface area contributed by atoms with Crippen molar-refractivity contribution in [2.75, 3.05) is 6.61 Å². The number of hydrogen-bond donors (Lipinski definition) is 2. The third-order valence-electron chi connectivity index (χ3n) is 2.84. The van der Waals surface area contributed by atoms with Crippen LogP contribution >= 0.6 is 23.1 Å². The Morgan fingerprint density at radius 1 is 1.33 bits per heavy atom. The Labute approximate surface area is 131 Å². The second-order valence-corrected chi connectivity index (χ2v) is 6.38. The first-order valence-electron chi connectivity index (χ1n) is 6.60. The Kier molecular flexibility index (Phi) is 4.61. The summed E-state index contributed by atoms with van der Waals surface area (Å²) in [4.78, 5) is 9.14. The molecule has 0 amide bonds. The van der Waals surface area contributed by atoms with E-state index in [1.807, 2.05) is 24.3 Å². The van der Waals surface area contributed by atoms with Crippen molar-refractivity contribution >= 4 is 34.1 Å². The summed E-state index contributed by atoms with van der Waals surface area (Å²) in [5.74, 6) is 6.87. The number of imidazole rings is 1. The number of aromatic amines is 1. The number of nitrogens with one attached hydrogen (secondary N) is 1. The van der Waals surface area contributed by atoms with Crippen molar-refractivity contribution in [3.05, 3.63) is 46.2 Å². The number of thioether (sulfide) groups is 1. The first kappa shape index (κ1) is 14.2. The molecule has 2 aromatic heterocycles. The number of para-hydroxylation sites is 2. The molecular weight excluding hydrogens is 300 g/mol. The van der Waals surface area contributed by atoms with Crippen LogP contribution in [0.3, 0.4) is 0 Å². The van der Waals surface area contributed by atoms with E-state index >= 15 is 0 Å². The molecule has 0 aliphatic carbocycles. The summed E-state index contributed by atoms with van der Waals surface area (Å²) < 4.78 is 0. The van der Waals surface area contributed by atoms with Gasteiger partial charge in [-0.3, -0.25) is 0 Å². The fraction of sp³-hybridized carbons (Fsp3) is 0.188. The molecule has 3 rings (SSSR count). The van der Waals surface area contributed by atoms with Crippen LogP contribution in [-0.4, -0.2) is 21.7 Å². The summed E-state index contributed by atoms with van der Waals surface area (Å²) >= 11 is 3.40. The molecule has 0 fully saturated rings. The molecule has 0 atom stereocenters. The first-order valence-corrected chi connectivity index (χ1v) is 8.46. The molecule has 2 heterocycles. The molecule has 106 valence electrons. The number of rotatable bonds is 4. The highest BCUT2D eigenvalue weighted by atomic mass is 32.2. The van der Waals surface area contributed by atoms with Crippen molar-refractivity contribution in [3.8, 4) is 11.8 Å². The van der Waals surface area contributed by atoms with Gasteiger partial charge in [-0.2, -0.15) is 0 Å². The van der Waals surface area contributed by atoms with Gasteiger partial charge in [0.2, 0.25) is 0 Å². The van der Waals surface area contributed by atoms with E-state index in [2.05, 4.69) is 33.3 Å². The standard InChI is InChI=1S/C16H14N2OS2/c19-8-4-3-5-12-9-13(20-10-12)11-21-16-17-14-6-1-2-7-15(14)18-16/h1-2,6-7,9-10,19H,4,8,11H2,(H,17,18). The Hall–Kier alpha value is -1.74. The monoisotopic (exact) mass is 314 g/mol. The number of aliphatic hydroxyl groups excluding tert-OH is 1. The molecule has 2 N–H and O–H groups in total. The van der Waals surface area contributed by atoms with E-state index in [4.69, 9.17) is 5.11 Å². The molecule has 21 heavy (non-hydrogen) atoms. The molecule has 0 bridgehead atoms. The second kappa shape index (κ2) is 6.81. The molecule has 0 spiro atoms. The molecule has 5 heteroatoms. The number of hydrogen-bond acceptors (Lipinski definition) is 4. The van der Waals surface area contributed by atoms with Gasteiger partial charge >= 0.3 is 0 Å². The minimum atomic E-state index is 0.117. The maximum atomic E-state index is 8.71. The normalized spacial score (nSPS) is 10.5. The van der Waals surface area contributed by atoms with Crippen LogP contribution in [-0.2, 0) is 5.75 Å². The van der Waals surface area contributed by atoms with E-state index in [1.165, 1.54) is 4.88 Å². The van der Waals surface area contributed by atoms with E-state index < -0.39 is 0 Å². The molecular formula is C16H14N2OS2. The van der Waals surface area contributed by atoms with Gasteiger partial charge in [0.1, 0.15) is 0 Å². The third-order valence-corrected chi connectivity index (χ3v) is 4.88. The van der Waals surface area contributed by atoms with Crippen molar-refractivity contribution < 1.29 is 5.11 Å². The molecule has 0 radical (unpaired) electrons. The number of aromatic nitrogens is 2. The summed E-state index contributed by atoms with van der Waals surface area (Å²) in [6.07, 6.45) is 0.527. The number of fused-ring (bicyclic) bond motifs is 1. The Bertz CT molecular complexity index is 762. The SMILES string of the molecule is OCCC#Cc1csc(CSc2nc3ccccc3[nH]2)c1. The molecule has 0 saturated heterocycles. The topological polar surface area (TPSA) is 48.9 Å². The van der Waals surface area contributed by atoms with Crippen LogP contribution < -0.4 is 0 Å². The molecule has 0 aliphatic heterocycles. The lowest BCUT2D eigenvalue weighted by molar-refractivity contribution is 0.305. The quantitative estimate of drug-likeness (QED) is 0.571. The predicted molar refractivity (Wildman–Crippen MR) is 88.6 cm³/mol. The number of aliphatic hydroxyl groups is 1. The molecule has 1 aromatic carbocycles. The van der Waals surface area contributed by atoms with Crippen LogP contribution in [0.4, 0.5) is 0 Å². The van der Waals surface area contributed by atoms with E-state index in [-0.39, 0.29) is 6.61 Å². The fourth-order valence-electron chi connectivity index (χ4n) is 1.88. The van der Waals surface area contributed by atoms with Crippen LogP contribution in [0.1, 0.15) is 16.9 Å². The first-order chi connectivity index (χ1) is 10.3. The number of H-pyrrole nitrogens is 1. The summed E-state index contributed by atoms with van der Waals surface area (Å²) in [6.45, 7) is 0.117. The van der Waals surface area contributed by atoms with E-state index in [1.54, 1.807) is 23.1 Å². The Morgan fingerprint density at radius 2 is 2.24 bits per heavy atom. The van der Waals surface area contributed by atoms with Gasteiger partial charge in [-0.15, -0.1) is 11.3 Å². The number of nitrogens with zero attached hydrogens (tertiary/aromatic N) is 1. The average Bonchev–Trinajstić information content (AvgIpc) is 3.11. The molecule has 0 aliphatic rings. The predicted octanol–water partition coefficient (Wildman–Crippen LogP) is 3.65. The highest BCUT2D eigenvalue weighted by Gasteiger charge is 2.04. The smallest absolute Gasteiger partial charge is 0.166 e. The summed E-state index contributed by atoms with van der Waals surface area (Å²) in [5, 5.41) is 11.7. The number of benzene rings is 1. The zero-order valence-electron chi connectivity index (χ0n) is 11.3. The van der Waals surface area contributed by atoms with Crippen LogP contribution in [0.2, 0.25) is 0 Å². The summed E-state index contributed by atoms with van der Waals surface area (Å²) in [5.41, 5.74) is 3.09. The Balaban J connectivity index is 1.63. The van der Waals surface area contributed by atoms with Crippen molar-refractivity contribution in [2.24, 2.45) is 0 Å². The van der Waals surface area contributed by atoms with Crippen LogP contribution in [0.15, 0.2) is 40.9 Å². The zero-order chi connectivity index (χ0) is 14.5.